The second kappa shape index (κ2) is 8.24. The molecule has 2 heterocycles. The van der Waals surface area contributed by atoms with Crippen LogP contribution in [0.1, 0.15) is 31.2 Å². The molecule has 0 radical (unpaired) electrons. The Labute approximate surface area is 190 Å². The van der Waals surface area contributed by atoms with E-state index in [-0.39, 0.29) is 17.3 Å². The molecule has 1 aromatic heterocycles. The van der Waals surface area contributed by atoms with Gasteiger partial charge in [0.25, 0.3) is 0 Å². The quantitative estimate of drug-likeness (QED) is 0.551. The highest BCUT2D eigenvalue weighted by molar-refractivity contribution is 7.09. The third-order valence-corrected chi connectivity index (χ3v) is 7.27. The molecular formula is C25H23FN2O3S. The number of nitrogens with zero attached hydrogens (tertiary/aromatic N) is 2. The molecule has 0 bridgehead atoms. The Balaban J connectivity index is 1.55. The molecule has 5 rings (SSSR count). The number of carbonyl (C=O) groups is 2. The molecule has 164 valence electrons. The predicted octanol–water partition coefficient (Wildman–Crippen LogP) is 3.99. The molecule has 2 aliphatic rings. The molecule has 0 N–H and O–H groups in total. The fourth-order valence-corrected chi connectivity index (χ4v) is 5.60. The molecule has 0 spiro atoms. The van der Waals surface area contributed by atoms with Crippen LogP contribution in [0.4, 0.5) is 4.39 Å². The Bertz CT molecular complexity index is 1130. The lowest BCUT2D eigenvalue weighted by atomic mass is 9.82. The summed E-state index contributed by atoms with van der Waals surface area (Å²) in [7, 11) is 1.45. The second-order valence-corrected chi connectivity index (χ2v) is 9.17. The SMILES string of the molecule is COc1cc(F)cc(C2(N3CCN(Cc4cccs4)CC3)C(=O)c3ccccc3C2=O)c1. The van der Waals surface area contributed by atoms with Crippen LogP contribution in [0.15, 0.2) is 60.0 Å². The maximum absolute atomic E-state index is 14.5. The van der Waals surface area contributed by atoms with Gasteiger partial charge in [-0.05, 0) is 29.1 Å². The number of benzene rings is 2. The lowest BCUT2D eigenvalue weighted by Gasteiger charge is -2.44. The first-order valence-electron chi connectivity index (χ1n) is 10.6. The topological polar surface area (TPSA) is 49.9 Å². The minimum atomic E-state index is -1.58. The number of carbonyl (C=O) groups excluding carboxylic acids is 2. The number of rotatable bonds is 5. The van der Waals surface area contributed by atoms with Gasteiger partial charge in [-0.3, -0.25) is 19.4 Å². The third kappa shape index (κ3) is 3.28. The van der Waals surface area contributed by atoms with E-state index in [0.29, 0.717) is 42.9 Å². The fraction of sp³-hybridized carbons (Fsp3) is 0.280. The molecule has 0 amide bonds. The zero-order valence-electron chi connectivity index (χ0n) is 17.7. The summed E-state index contributed by atoms with van der Waals surface area (Å²) < 4.78 is 19.8. The molecule has 1 aliphatic heterocycles. The maximum atomic E-state index is 14.5. The molecule has 1 saturated heterocycles. The molecule has 0 unspecified atom stereocenters. The van der Waals surface area contributed by atoms with E-state index in [2.05, 4.69) is 16.3 Å². The van der Waals surface area contributed by atoms with Gasteiger partial charge in [0.2, 0.25) is 0 Å². The standard InChI is InChI=1S/C25H23FN2O3S/c1-31-19-14-17(13-18(26)15-19)25(23(29)21-6-2-3-7-22(21)24(25)30)28-10-8-27(9-11-28)16-20-5-4-12-32-20/h2-7,12-15H,8-11,16H2,1H3. The van der Waals surface area contributed by atoms with Gasteiger partial charge < -0.3 is 4.74 Å². The first-order chi connectivity index (χ1) is 15.5. The molecule has 32 heavy (non-hydrogen) atoms. The smallest absolute Gasteiger partial charge is 0.196 e. The van der Waals surface area contributed by atoms with Crippen LogP contribution in [0, 0.1) is 5.82 Å². The molecule has 0 atom stereocenters. The fourth-order valence-electron chi connectivity index (χ4n) is 4.86. The minimum Gasteiger partial charge on any atom is -0.497 e. The highest BCUT2D eigenvalue weighted by Crippen LogP contribution is 2.44. The molecular weight excluding hydrogens is 427 g/mol. The van der Waals surface area contributed by atoms with Gasteiger partial charge in [0, 0.05) is 54.8 Å². The zero-order chi connectivity index (χ0) is 22.3. The summed E-state index contributed by atoms with van der Waals surface area (Å²) in [5.74, 6) is -0.839. The summed E-state index contributed by atoms with van der Waals surface area (Å²) in [6.45, 7) is 3.31. The van der Waals surface area contributed by atoms with Crippen molar-refractivity contribution in [2.75, 3.05) is 33.3 Å². The van der Waals surface area contributed by atoms with Gasteiger partial charge in [-0.1, -0.05) is 30.3 Å². The van der Waals surface area contributed by atoms with E-state index >= 15 is 0 Å². The lowest BCUT2D eigenvalue weighted by molar-refractivity contribution is 0.0279. The van der Waals surface area contributed by atoms with Crippen molar-refractivity contribution < 1.29 is 18.7 Å². The number of thiophene rings is 1. The van der Waals surface area contributed by atoms with Gasteiger partial charge in [0.15, 0.2) is 17.1 Å². The molecule has 1 fully saturated rings. The Morgan fingerprint density at radius 2 is 1.66 bits per heavy atom. The molecule has 2 aromatic carbocycles. The Morgan fingerprint density at radius 3 is 2.25 bits per heavy atom. The summed E-state index contributed by atoms with van der Waals surface area (Å²) in [6.07, 6.45) is 0. The van der Waals surface area contributed by atoms with Crippen molar-refractivity contribution in [2.24, 2.45) is 0 Å². The molecule has 3 aromatic rings. The van der Waals surface area contributed by atoms with Crippen LogP contribution in [0.3, 0.4) is 0 Å². The first-order valence-corrected chi connectivity index (χ1v) is 11.5. The lowest BCUT2D eigenvalue weighted by Crippen LogP contribution is -2.60. The van der Waals surface area contributed by atoms with E-state index in [1.54, 1.807) is 41.7 Å². The van der Waals surface area contributed by atoms with Crippen molar-refractivity contribution in [2.45, 2.75) is 12.1 Å². The van der Waals surface area contributed by atoms with Crippen molar-refractivity contribution in [3.05, 3.63) is 87.4 Å². The number of halogens is 1. The highest BCUT2D eigenvalue weighted by Gasteiger charge is 2.58. The van der Waals surface area contributed by atoms with Gasteiger partial charge in [-0.15, -0.1) is 11.3 Å². The van der Waals surface area contributed by atoms with Crippen molar-refractivity contribution in [3.8, 4) is 5.75 Å². The third-order valence-electron chi connectivity index (χ3n) is 6.40. The summed E-state index contributed by atoms with van der Waals surface area (Å²) in [5, 5.41) is 2.06. The molecule has 1 aliphatic carbocycles. The maximum Gasteiger partial charge on any atom is 0.196 e. The minimum absolute atomic E-state index is 0.285. The Kier molecular flexibility index (Phi) is 5.41. The Hall–Kier alpha value is -2.87. The number of piperazine rings is 1. The van der Waals surface area contributed by atoms with E-state index in [0.717, 1.165) is 6.54 Å². The number of fused-ring (bicyclic) bond motifs is 1. The Morgan fingerprint density at radius 1 is 0.969 bits per heavy atom. The van der Waals surface area contributed by atoms with E-state index < -0.39 is 11.4 Å². The van der Waals surface area contributed by atoms with Crippen LogP contribution in [-0.4, -0.2) is 54.7 Å². The number of Topliss-reactive ketones (excluding diaryl/α,β-unsaturated/α-hetero) is 2. The monoisotopic (exact) mass is 450 g/mol. The van der Waals surface area contributed by atoms with Crippen molar-refractivity contribution in [1.29, 1.82) is 0 Å². The highest BCUT2D eigenvalue weighted by atomic mass is 32.1. The van der Waals surface area contributed by atoms with Crippen molar-refractivity contribution >= 4 is 22.9 Å². The number of hydrogen-bond donors (Lipinski definition) is 0. The van der Waals surface area contributed by atoms with E-state index in [4.69, 9.17) is 4.74 Å². The van der Waals surface area contributed by atoms with Crippen molar-refractivity contribution in [1.82, 2.24) is 9.80 Å². The van der Waals surface area contributed by atoms with Gasteiger partial charge >= 0.3 is 0 Å². The van der Waals surface area contributed by atoms with Gasteiger partial charge in [-0.25, -0.2) is 4.39 Å². The molecule has 5 nitrogen and oxygen atoms in total. The molecule has 7 heteroatoms. The van der Waals surface area contributed by atoms with Gasteiger partial charge in [0.05, 0.1) is 7.11 Å². The van der Waals surface area contributed by atoms with Gasteiger partial charge in [0.1, 0.15) is 11.6 Å². The number of ether oxygens (including phenoxy) is 1. The van der Waals surface area contributed by atoms with Crippen LogP contribution >= 0.6 is 11.3 Å². The van der Waals surface area contributed by atoms with Crippen LogP contribution in [0.5, 0.6) is 5.75 Å². The summed E-state index contributed by atoms with van der Waals surface area (Å²) >= 11 is 1.72. The van der Waals surface area contributed by atoms with Crippen LogP contribution < -0.4 is 4.74 Å². The first kappa shape index (κ1) is 21.0. The summed E-state index contributed by atoms with van der Waals surface area (Å²) in [6, 6.07) is 15.2. The average molecular weight is 451 g/mol. The van der Waals surface area contributed by atoms with E-state index in [1.807, 2.05) is 11.0 Å². The molecule has 0 saturated carbocycles. The van der Waals surface area contributed by atoms with E-state index in [9.17, 15) is 14.0 Å². The normalized spacial score (nSPS) is 18.7. The van der Waals surface area contributed by atoms with Crippen LogP contribution in [0.2, 0.25) is 0 Å². The summed E-state index contributed by atoms with van der Waals surface area (Å²) in [5.41, 5.74) is -0.468. The average Bonchev–Trinajstić information content (AvgIpc) is 3.40. The largest absolute Gasteiger partial charge is 0.497 e. The number of ketones is 2. The van der Waals surface area contributed by atoms with Crippen molar-refractivity contribution in [3.63, 3.8) is 0 Å². The van der Waals surface area contributed by atoms with Crippen LogP contribution in [0.25, 0.3) is 0 Å². The number of hydrogen-bond acceptors (Lipinski definition) is 6. The van der Waals surface area contributed by atoms with E-state index in [1.165, 1.54) is 24.1 Å². The zero-order valence-corrected chi connectivity index (χ0v) is 18.5. The summed E-state index contributed by atoms with van der Waals surface area (Å²) in [4.78, 5) is 33.2. The van der Waals surface area contributed by atoms with Crippen LogP contribution in [-0.2, 0) is 12.1 Å². The number of methoxy groups -OCH3 is 1. The second-order valence-electron chi connectivity index (χ2n) is 8.14. The van der Waals surface area contributed by atoms with Gasteiger partial charge in [-0.2, -0.15) is 0 Å². The predicted molar refractivity (Wildman–Crippen MR) is 121 cm³/mol.